The first-order chi connectivity index (χ1) is 7.49. The molecule has 2 aromatic rings. The predicted octanol–water partition coefficient (Wildman–Crippen LogP) is 1.34. The van der Waals surface area contributed by atoms with Gasteiger partial charge in [0, 0.05) is 12.1 Å². The zero-order valence-corrected chi connectivity index (χ0v) is 7.73. The van der Waals surface area contributed by atoms with Crippen molar-refractivity contribution < 1.29 is 23.8 Å². The Bertz CT molecular complexity index is 643. The molecule has 0 aliphatic heterocycles. The summed E-state index contributed by atoms with van der Waals surface area (Å²) in [7, 11) is 0. The Balaban J connectivity index is 2.93. The van der Waals surface area contributed by atoms with Crippen LogP contribution in [0.1, 0.15) is 10.6 Å². The second kappa shape index (κ2) is 3.34. The summed E-state index contributed by atoms with van der Waals surface area (Å²) in [5.41, 5.74) is -1.21. The molecule has 0 radical (unpaired) electrons. The molecule has 6 heteroatoms. The Hall–Kier alpha value is -2.37. The van der Waals surface area contributed by atoms with E-state index in [1.165, 1.54) is 0 Å². The Labute approximate surface area is 87.4 Å². The minimum atomic E-state index is -1.47. The molecule has 2 rings (SSSR count). The summed E-state index contributed by atoms with van der Waals surface area (Å²) in [5.74, 6) is -3.54. The summed E-state index contributed by atoms with van der Waals surface area (Å²) in [4.78, 5) is 22.0. The molecule has 1 aromatic carbocycles. The van der Waals surface area contributed by atoms with Crippen LogP contribution >= 0.6 is 0 Å². The molecule has 0 fully saturated rings. The standard InChI is InChI=1S/C10H5FO5/c11-6-2-4(12)1-5-7(13)3-8(10(14)15)16-9(5)6/h1-3,12H,(H,14,15). The molecule has 0 aliphatic rings. The molecule has 1 aromatic heterocycles. The van der Waals surface area contributed by atoms with Crippen LogP contribution < -0.4 is 5.43 Å². The number of rotatable bonds is 1. The number of phenols is 1. The number of carboxylic acid groups (broad SMARTS) is 1. The lowest BCUT2D eigenvalue weighted by Crippen LogP contribution is -2.07. The zero-order chi connectivity index (χ0) is 11.9. The summed E-state index contributed by atoms with van der Waals surface area (Å²) in [6.45, 7) is 0. The van der Waals surface area contributed by atoms with E-state index in [1.54, 1.807) is 0 Å². The van der Waals surface area contributed by atoms with Gasteiger partial charge in [-0.25, -0.2) is 9.18 Å². The first-order valence-corrected chi connectivity index (χ1v) is 4.18. The fraction of sp³-hybridized carbons (Fsp3) is 0. The second-order valence-corrected chi connectivity index (χ2v) is 3.08. The van der Waals surface area contributed by atoms with Crippen LogP contribution in [0.3, 0.4) is 0 Å². The maximum absolute atomic E-state index is 13.3. The van der Waals surface area contributed by atoms with Gasteiger partial charge in [0.1, 0.15) is 5.75 Å². The predicted molar refractivity (Wildman–Crippen MR) is 51.1 cm³/mol. The van der Waals surface area contributed by atoms with Gasteiger partial charge in [-0.1, -0.05) is 0 Å². The maximum atomic E-state index is 13.3. The zero-order valence-electron chi connectivity index (χ0n) is 7.73. The highest BCUT2D eigenvalue weighted by Gasteiger charge is 2.14. The molecule has 0 unspecified atom stereocenters. The molecule has 0 saturated carbocycles. The molecule has 0 saturated heterocycles. The highest BCUT2D eigenvalue weighted by Crippen LogP contribution is 2.21. The van der Waals surface area contributed by atoms with Gasteiger partial charge in [0.05, 0.1) is 5.39 Å². The van der Waals surface area contributed by atoms with E-state index in [0.717, 1.165) is 18.2 Å². The fourth-order valence-electron chi connectivity index (χ4n) is 1.31. The van der Waals surface area contributed by atoms with Gasteiger partial charge in [-0.2, -0.15) is 0 Å². The number of phenolic OH excluding ortho intramolecular Hbond substituents is 1. The number of hydrogen-bond acceptors (Lipinski definition) is 4. The van der Waals surface area contributed by atoms with Crippen LogP contribution in [0.15, 0.2) is 27.4 Å². The fourth-order valence-corrected chi connectivity index (χ4v) is 1.31. The molecule has 0 aliphatic carbocycles. The summed E-state index contributed by atoms with van der Waals surface area (Å²) in [5, 5.41) is 17.5. The van der Waals surface area contributed by atoms with Crippen molar-refractivity contribution in [1.82, 2.24) is 0 Å². The molecule has 0 atom stereocenters. The van der Waals surface area contributed by atoms with Crippen LogP contribution in [0.4, 0.5) is 4.39 Å². The third kappa shape index (κ3) is 1.50. The van der Waals surface area contributed by atoms with Crippen molar-refractivity contribution in [3.8, 4) is 5.75 Å². The normalized spacial score (nSPS) is 10.6. The largest absolute Gasteiger partial charge is 0.508 e. The molecule has 0 bridgehead atoms. The van der Waals surface area contributed by atoms with Gasteiger partial charge in [0.15, 0.2) is 16.8 Å². The summed E-state index contributed by atoms with van der Waals surface area (Å²) >= 11 is 0. The molecule has 0 amide bonds. The van der Waals surface area contributed by atoms with Crippen molar-refractivity contribution in [2.75, 3.05) is 0 Å². The van der Waals surface area contributed by atoms with E-state index in [2.05, 4.69) is 0 Å². The van der Waals surface area contributed by atoms with E-state index in [9.17, 15) is 14.0 Å². The number of halogens is 1. The van der Waals surface area contributed by atoms with Crippen molar-refractivity contribution in [2.24, 2.45) is 0 Å². The number of aromatic carboxylic acids is 1. The van der Waals surface area contributed by atoms with Gasteiger partial charge >= 0.3 is 5.97 Å². The molecule has 2 N–H and O–H groups in total. The monoisotopic (exact) mass is 224 g/mol. The van der Waals surface area contributed by atoms with Gasteiger partial charge < -0.3 is 14.6 Å². The molecule has 0 spiro atoms. The van der Waals surface area contributed by atoms with Gasteiger partial charge in [0.25, 0.3) is 0 Å². The third-order valence-corrected chi connectivity index (χ3v) is 1.98. The van der Waals surface area contributed by atoms with Gasteiger partial charge in [-0.05, 0) is 6.07 Å². The minimum Gasteiger partial charge on any atom is -0.508 e. The molecular formula is C10H5FO5. The SMILES string of the molecule is O=C(O)c1cc(=O)c2cc(O)cc(F)c2o1. The van der Waals surface area contributed by atoms with Crippen molar-refractivity contribution in [3.05, 3.63) is 40.0 Å². The first-order valence-electron chi connectivity index (χ1n) is 4.18. The van der Waals surface area contributed by atoms with E-state index in [1.807, 2.05) is 0 Å². The van der Waals surface area contributed by atoms with Crippen LogP contribution in [-0.2, 0) is 0 Å². The third-order valence-electron chi connectivity index (χ3n) is 1.98. The van der Waals surface area contributed by atoms with Gasteiger partial charge in [-0.15, -0.1) is 0 Å². The highest BCUT2D eigenvalue weighted by molar-refractivity contribution is 5.87. The Morgan fingerprint density at radius 1 is 1.31 bits per heavy atom. The van der Waals surface area contributed by atoms with Crippen LogP contribution in [-0.4, -0.2) is 16.2 Å². The molecule has 82 valence electrons. The molecule has 16 heavy (non-hydrogen) atoms. The summed E-state index contributed by atoms with van der Waals surface area (Å²) in [6, 6.07) is 2.47. The van der Waals surface area contributed by atoms with Crippen molar-refractivity contribution >= 4 is 16.9 Å². The average Bonchev–Trinajstić information content (AvgIpc) is 2.19. The van der Waals surface area contributed by atoms with E-state index < -0.39 is 34.3 Å². The highest BCUT2D eigenvalue weighted by atomic mass is 19.1. The lowest BCUT2D eigenvalue weighted by Gasteiger charge is -2.00. The van der Waals surface area contributed by atoms with Crippen LogP contribution in [0.5, 0.6) is 5.75 Å². The van der Waals surface area contributed by atoms with Crippen molar-refractivity contribution in [2.45, 2.75) is 0 Å². The summed E-state index contributed by atoms with van der Waals surface area (Å²) in [6.07, 6.45) is 0. The second-order valence-electron chi connectivity index (χ2n) is 3.08. The topological polar surface area (TPSA) is 87.7 Å². The van der Waals surface area contributed by atoms with E-state index in [4.69, 9.17) is 14.6 Å². The first kappa shape index (κ1) is 10.2. The van der Waals surface area contributed by atoms with E-state index >= 15 is 0 Å². The van der Waals surface area contributed by atoms with E-state index in [-0.39, 0.29) is 5.39 Å². The molecule has 5 nitrogen and oxygen atoms in total. The maximum Gasteiger partial charge on any atom is 0.371 e. The number of aromatic hydroxyl groups is 1. The van der Waals surface area contributed by atoms with Crippen molar-refractivity contribution in [3.63, 3.8) is 0 Å². The quantitative estimate of drug-likeness (QED) is 0.762. The van der Waals surface area contributed by atoms with Crippen LogP contribution in [0, 0.1) is 5.82 Å². The van der Waals surface area contributed by atoms with Crippen LogP contribution in [0.2, 0.25) is 0 Å². The number of carboxylic acids is 1. The Morgan fingerprint density at radius 2 is 2.00 bits per heavy atom. The summed E-state index contributed by atoms with van der Waals surface area (Å²) < 4.78 is 18.0. The minimum absolute atomic E-state index is 0.206. The average molecular weight is 224 g/mol. The lowest BCUT2D eigenvalue weighted by molar-refractivity contribution is 0.0663. The number of hydrogen-bond donors (Lipinski definition) is 2. The lowest BCUT2D eigenvalue weighted by atomic mass is 10.2. The van der Waals surface area contributed by atoms with E-state index in [0.29, 0.717) is 0 Å². The number of fused-ring (bicyclic) bond motifs is 1. The van der Waals surface area contributed by atoms with Gasteiger partial charge in [-0.3, -0.25) is 4.79 Å². The number of benzene rings is 1. The molecular weight excluding hydrogens is 219 g/mol. The van der Waals surface area contributed by atoms with Crippen LogP contribution in [0.25, 0.3) is 11.0 Å². The Morgan fingerprint density at radius 3 is 2.62 bits per heavy atom. The smallest absolute Gasteiger partial charge is 0.371 e. The van der Waals surface area contributed by atoms with Gasteiger partial charge in [0.2, 0.25) is 5.76 Å². The van der Waals surface area contributed by atoms with Crippen molar-refractivity contribution in [1.29, 1.82) is 0 Å². The number of carbonyl (C=O) groups is 1. The Kier molecular flexibility index (Phi) is 2.12. The molecule has 1 heterocycles.